The van der Waals surface area contributed by atoms with Crippen molar-refractivity contribution in [2.24, 2.45) is 0 Å². The fourth-order valence-corrected chi connectivity index (χ4v) is 4.69. The van der Waals surface area contributed by atoms with Crippen molar-refractivity contribution in [2.45, 2.75) is 51.5 Å². The Hall–Kier alpha value is -3.26. The van der Waals surface area contributed by atoms with Gasteiger partial charge in [0.2, 0.25) is 5.91 Å². The molecule has 0 aromatic heterocycles. The topological polar surface area (TPSA) is 88.3 Å². The molecule has 0 bridgehead atoms. The lowest BCUT2D eigenvalue weighted by Crippen LogP contribution is -2.44. The number of hydrogen-bond donors (Lipinski definition) is 1. The fourth-order valence-electron chi connectivity index (χ4n) is 4.69. The molecule has 8 heteroatoms. The lowest BCUT2D eigenvalue weighted by atomic mass is 10.0. The molecule has 202 valence electrons. The first kappa shape index (κ1) is 28.3. The van der Waals surface area contributed by atoms with Gasteiger partial charge in [0.15, 0.2) is 0 Å². The SMILES string of the molecule is COc1cc(C(=O)N(C)c2ccc(C)cc2OCCCCCC(=O)N2CCC(N(C)C)CC2)ccc1N. The molecule has 2 amide bonds. The van der Waals surface area contributed by atoms with E-state index in [0.29, 0.717) is 47.5 Å². The molecular weight excluding hydrogens is 468 g/mol. The molecule has 2 N–H and O–H groups in total. The molecule has 1 saturated heterocycles. The Kier molecular flexibility index (Phi) is 10.2. The van der Waals surface area contributed by atoms with Crippen LogP contribution in [0.4, 0.5) is 11.4 Å². The van der Waals surface area contributed by atoms with Crippen LogP contribution in [-0.2, 0) is 4.79 Å². The van der Waals surface area contributed by atoms with Crippen molar-refractivity contribution < 1.29 is 19.1 Å². The summed E-state index contributed by atoms with van der Waals surface area (Å²) in [5.74, 6) is 1.22. The molecule has 0 spiro atoms. The Morgan fingerprint density at radius 3 is 2.41 bits per heavy atom. The maximum Gasteiger partial charge on any atom is 0.258 e. The van der Waals surface area contributed by atoms with Gasteiger partial charge < -0.3 is 29.9 Å². The van der Waals surface area contributed by atoms with Crippen LogP contribution in [0.1, 0.15) is 54.4 Å². The minimum absolute atomic E-state index is 0.180. The Morgan fingerprint density at radius 2 is 1.73 bits per heavy atom. The minimum Gasteiger partial charge on any atom is -0.495 e. The quantitative estimate of drug-likeness (QED) is 0.357. The highest BCUT2D eigenvalue weighted by Crippen LogP contribution is 2.31. The lowest BCUT2D eigenvalue weighted by molar-refractivity contribution is -0.132. The number of benzene rings is 2. The van der Waals surface area contributed by atoms with E-state index < -0.39 is 0 Å². The Morgan fingerprint density at radius 1 is 1.00 bits per heavy atom. The van der Waals surface area contributed by atoms with Crippen LogP contribution in [0.3, 0.4) is 0 Å². The second-order valence-corrected chi connectivity index (χ2v) is 10.0. The number of carbonyl (C=O) groups is 2. The maximum absolute atomic E-state index is 13.2. The van der Waals surface area contributed by atoms with Crippen LogP contribution < -0.4 is 20.1 Å². The van der Waals surface area contributed by atoms with Gasteiger partial charge in [-0.25, -0.2) is 0 Å². The van der Waals surface area contributed by atoms with E-state index in [1.54, 1.807) is 30.1 Å². The number of aryl methyl sites for hydroxylation is 1. The lowest BCUT2D eigenvalue weighted by Gasteiger charge is -2.35. The number of hydrogen-bond acceptors (Lipinski definition) is 6. The predicted molar refractivity (Wildman–Crippen MR) is 149 cm³/mol. The van der Waals surface area contributed by atoms with E-state index in [0.717, 1.165) is 50.8 Å². The highest BCUT2D eigenvalue weighted by molar-refractivity contribution is 6.07. The van der Waals surface area contributed by atoms with E-state index in [9.17, 15) is 9.59 Å². The zero-order chi connectivity index (χ0) is 26.9. The highest BCUT2D eigenvalue weighted by atomic mass is 16.5. The van der Waals surface area contributed by atoms with Crippen molar-refractivity contribution in [3.8, 4) is 11.5 Å². The molecule has 1 fully saturated rings. The van der Waals surface area contributed by atoms with E-state index >= 15 is 0 Å². The monoisotopic (exact) mass is 510 g/mol. The second kappa shape index (κ2) is 13.3. The first-order valence-corrected chi connectivity index (χ1v) is 13.1. The molecule has 0 saturated carbocycles. The van der Waals surface area contributed by atoms with Crippen LogP contribution >= 0.6 is 0 Å². The van der Waals surface area contributed by atoms with Gasteiger partial charge in [-0.2, -0.15) is 0 Å². The van der Waals surface area contributed by atoms with Crippen molar-refractivity contribution >= 4 is 23.2 Å². The zero-order valence-corrected chi connectivity index (χ0v) is 23.0. The van der Waals surface area contributed by atoms with Crippen LogP contribution in [0, 0.1) is 6.92 Å². The molecule has 1 aliphatic heterocycles. The summed E-state index contributed by atoms with van der Waals surface area (Å²) in [6, 6.07) is 11.4. The standard InChI is InChI=1S/C29H42N4O4/c1-21-10-13-25(32(4)29(35)22-11-12-24(30)26(20-22)36-5)27(19-21)37-18-8-6-7-9-28(34)33-16-14-23(15-17-33)31(2)3/h10-13,19-20,23H,6-9,14-18,30H2,1-5H3. The third-order valence-electron chi connectivity index (χ3n) is 7.10. The van der Waals surface area contributed by atoms with Crippen LogP contribution in [0.15, 0.2) is 36.4 Å². The van der Waals surface area contributed by atoms with E-state index in [4.69, 9.17) is 15.2 Å². The fraction of sp³-hybridized carbons (Fsp3) is 0.517. The molecule has 0 radical (unpaired) electrons. The summed E-state index contributed by atoms with van der Waals surface area (Å²) < 4.78 is 11.4. The van der Waals surface area contributed by atoms with E-state index in [1.165, 1.54) is 7.11 Å². The normalized spacial score (nSPS) is 14.1. The van der Waals surface area contributed by atoms with Crippen molar-refractivity contribution in [3.63, 3.8) is 0 Å². The Balaban J connectivity index is 1.48. The highest BCUT2D eigenvalue weighted by Gasteiger charge is 2.23. The van der Waals surface area contributed by atoms with Gasteiger partial charge in [-0.15, -0.1) is 0 Å². The molecule has 2 aromatic rings. The molecule has 3 rings (SSSR count). The Bertz CT molecular complexity index is 1060. The van der Waals surface area contributed by atoms with E-state index in [-0.39, 0.29) is 11.8 Å². The molecule has 0 aliphatic carbocycles. The van der Waals surface area contributed by atoms with Crippen molar-refractivity contribution in [1.82, 2.24) is 9.80 Å². The molecule has 1 aliphatic rings. The largest absolute Gasteiger partial charge is 0.495 e. The summed E-state index contributed by atoms with van der Waals surface area (Å²) in [7, 11) is 7.48. The number of anilines is 2. The van der Waals surface area contributed by atoms with Gasteiger partial charge in [0.1, 0.15) is 11.5 Å². The number of nitrogens with two attached hydrogens (primary N) is 1. The van der Waals surface area contributed by atoms with Crippen molar-refractivity contribution in [1.29, 1.82) is 0 Å². The van der Waals surface area contributed by atoms with Gasteiger partial charge in [-0.05, 0) is 89.0 Å². The van der Waals surface area contributed by atoms with Gasteiger partial charge in [0.05, 0.1) is 25.1 Å². The smallest absolute Gasteiger partial charge is 0.258 e. The van der Waals surface area contributed by atoms with Crippen LogP contribution in [-0.4, -0.2) is 75.6 Å². The van der Waals surface area contributed by atoms with Crippen molar-refractivity contribution in [3.05, 3.63) is 47.5 Å². The first-order chi connectivity index (χ1) is 17.7. The van der Waals surface area contributed by atoms with Crippen LogP contribution in [0.2, 0.25) is 0 Å². The number of carbonyl (C=O) groups excluding carboxylic acids is 2. The molecule has 37 heavy (non-hydrogen) atoms. The average molecular weight is 511 g/mol. The molecule has 1 heterocycles. The third kappa shape index (κ3) is 7.61. The van der Waals surface area contributed by atoms with Gasteiger partial charge in [0, 0.05) is 38.2 Å². The second-order valence-electron chi connectivity index (χ2n) is 10.0. The number of amides is 2. The van der Waals surface area contributed by atoms with E-state index in [1.807, 2.05) is 30.0 Å². The number of likely N-dealkylation sites (tertiary alicyclic amines) is 1. The zero-order valence-electron chi connectivity index (χ0n) is 23.0. The number of unbranched alkanes of at least 4 members (excludes halogenated alkanes) is 2. The summed E-state index contributed by atoms with van der Waals surface area (Å²) in [4.78, 5) is 31.6. The average Bonchev–Trinajstić information content (AvgIpc) is 2.90. The van der Waals surface area contributed by atoms with Crippen molar-refractivity contribution in [2.75, 3.05) is 58.6 Å². The maximum atomic E-state index is 13.2. The molecule has 0 atom stereocenters. The van der Waals surface area contributed by atoms with Gasteiger partial charge in [-0.3, -0.25) is 9.59 Å². The molecular formula is C29H42N4O4. The summed E-state index contributed by atoms with van der Waals surface area (Å²) in [6.45, 7) is 4.24. The summed E-state index contributed by atoms with van der Waals surface area (Å²) in [6.07, 6.45) is 5.30. The van der Waals surface area contributed by atoms with E-state index in [2.05, 4.69) is 19.0 Å². The number of rotatable bonds is 11. The Labute approximate surface area is 221 Å². The van der Waals surface area contributed by atoms with Gasteiger partial charge >= 0.3 is 0 Å². The molecule has 0 unspecified atom stereocenters. The summed E-state index contributed by atoms with van der Waals surface area (Å²) in [5, 5.41) is 0. The number of nitrogens with zero attached hydrogens (tertiary/aromatic N) is 3. The minimum atomic E-state index is -0.180. The number of piperidine rings is 1. The predicted octanol–water partition coefficient (Wildman–Crippen LogP) is 4.35. The molecule has 8 nitrogen and oxygen atoms in total. The van der Waals surface area contributed by atoms with Gasteiger partial charge in [0.25, 0.3) is 5.91 Å². The van der Waals surface area contributed by atoms with Gasteiger partial charge in [-0.1, -0.05) is 6.07 Å². The first-order valence-electron chi connectivity index (χ1n) is 13.1. The van der Waals surface area contributed by atoms with Crippen LogP contribution in [0.25, 0.3) is 0 Å². The summed E-state index contributed by atoms with van der Waals surface area (Å²) >= 11 is 0. The summed E-state index contributed by atoms with van der Waals surface area (Å²) in [5.41, 5.74) is 8.61. The van der Waals surface area contributed by atoms with Crippen LogP contribution in [0.5, 0.6) is 11.5 Å². The number of ether oxygens (including phenoxy) is 2. The third-order valence-corrected chi connectivity index (χ3v) is 7.10. The molecule has 2 aromatic carbocycles. The number of nitrogen functional groups attached to an aromatic ring is 1. The number of methoxy groups -OCH3 is 1.